The third kappa shape index (κ3) is 1.76. The van der Waals surface area contributed by atoms with Crippen molar-refractivity contribution in [3.05, 3.63) is 18.4 Å². The van der Waals surface area contributed by atoms with Crippen LogP contribution in [0.2, 0.25) is 0 Å². The first kappa shape index (κ1) is 8.80. The second-order valence-corrected chi connectivity index (χ2v) is 2.79. The molecule has 0 saturated heterocycles. The van der Waals surface area contributed by atoms with Crippen LogP contribution in [0.4, 0.5) is 0 Å². The second-order valence-electron chi connectivity index (χ2n) is 2.79. The zero-order valence-corrected chi connectivity index (χ0v) is 7.86. The number of hydrogen-bond acceptors (Lipinski definition) is 4. The molecule has 5 nitrogen and oxygen atoms in total. The predicted octanol–water partition coefficient (Wildman–Crippen LogP) is 1.85. The molecule has 14 heavy (non-hydrogen) atoms. The Kier molecular flexibility index (Phi) is 2.48. The highest BCUT2D eigenvalue weighted by atomic mass is 16.5. The lowest BCUT2D eigenvalue weighted by Gasteiger charge is -1.94. The number of rotatable bonds is 4. The largest absolute Gasteiger partial charge is 0.462 e. The van der Waals surface area contributed by atoms with E-state index in [-0.39, 0.29) is 0 Å². The summed E-state index contributed by atoms with van der Waals surface area (Å²) in [5, 5.41) is 6.63. The summed E-state index contributed by atoms with van der Waals surface area (Å²) in [4.78, 5) is 4.11. The highest BCUT2D eigenvalue weighted by Gasteiger charge is 2.07. The molecule has 0 radical (unpaired) electrons. The zero-order chi connectivity index (χ0) is 9.80. The Labute approximate surface area is 81.1 Å². The molecule has 1 N–H and O–H groups in total. The standard InChI is InChI=1S/C9H11N3O2/c1-2-5-14-9-10-8(11-12-9)7-4-3-6-13-7/h3-4,6H,2,5H2,1H3,(H,10,11,12). The van der Waals surface area contributed by atoms with Crippen LogP contribution in [0.3, 0.4) is 0 Å². The molecule has 2 rings (SSSR count). The number of aromatic amines is 1. The van der Waals surface area contributed by atoms with Crippen LogP contribution < -0.4 is 4.74 Å². The van der Waals surface area contributed by atoms with Crippen LogP contribution in [-0.2, 0) is 0 Å². The molecule has 0 amide bonds. The third-order valence-corrected chi connectivity index (χ3v) is 1.65. The first-order valence-electron chi connectivity index (χ1n) is 4.49. The Morgan fingerprint density at radius 3 is 3.21 bits per heavy atom. The van der Waals surface area contributed by atoms with Crippen LogP contribution in [0.5, 0.6) is 6.01 Å². The Hall–Kier alpha value is -1.78. The van der Waals surface area contributed by atoms with Gasteiger partial charge in [-0.3, -0.25) is 5.10 Å². The van der Waals surface area contributed by atoms with Gasteiger partial charge in [0.1, 0.15) is 0 Å². The third-order valence-electron chi connectivity index (χ3n) is 1.65. The SMILES string of the molecule is CCCOc1n[nH]c(-c2ccco2)n1. The number of nitrogens with one attached hydrogen (secondary N) is 1. The molecular formula is C9H11N3O2. The fourth-order valence-corrected chi connectivity index (χ4v) is 1.03. The summed E-state index contributed by atoms with van der Waals surface area (Å²) < 4.78 is 10.4. The van der Waals surface area contributed by atoms with Crippen molar-refractivity contribution in [2.45, 2.75) is 13.3 Å². The molecule has 0 spiro atoms. The van der Waals surface area contributed by atoms with Crippen molar-refractivity contribution in [1.29, 1.82) is 0 Å². The summed E-state index contributed by atoms with van der Waals surface area (Å²) in [5.41, 5.74) is 0. The first-order valence-corrected chi connectivity index (χ1v) is 4.49. The van der Waals surface area contributed by atoms with E-state index >= 15 is 0 Å². The smallest absolute Gasteiger partial charge is 0.335 e. The monoisotopic (exact) mass is 193 g/mol. The van der Waals surface area contributed by atoms with Crippen molar-refractivity contribution >= 4 is 0 Å². The van der Waals surface area contributed by atoms with Crippen LogP contribution in [0.1, 0.15) is 13.3 Å². The molecule has 2 aromatic heterocycles. The van der Waals surface area contributed by atoms with Crippen LogP contribution in [0.15, 0.2) is 22.8 Å². The Balaban J connectivity index is 2.10. The van der Waals surface area contributed by atoms with Gasteiger partial charge in [0, 0.05) is 0 Å². The summed E-state index contributed by atoms with van der Waals surface area (Å²) in [5.74, 6) is 1.24. The fraction of sp³-hybridized carbons (Fsp3) is 0.333. The van der Waals surface area contributed by atoms with Crippen LogP contribution in [0, 0.1) is 0 Å². The van der Waals surface area contributed by atoms with Crippen molar-refractivity contribution < 1.29 is 9.15 Å². The van der Waals surface area contributed by atoms with Crippen LogP contribution in [-0.4, -0.2) is 21.8 Å². The number of aromatic nitrogens is 3. The second kappa shape index (κ2) is 3.95. The minimum atomic E-state index is 0.359. The van der Waals surface area contributed by atoms with Gasteiger partial charge in [-0.05, 0) is 18.6 Å². The van der Waals surface area contributed by atoms with Crippen LogP contribution in [0.25, 0.3) is 11.6 Å². The number of furan rings is 1. The van der Waals surface area contributed by atoms with Crippen molar-refractivity contribution in [3.63, 3.8) is 0 Å². The molecule has 0 aliphatic heterocycles. The Morgan fingerprint density at radius 1 is 1.57 bits per heavy atom. The molecule has 0 atom stereocenters. The van der Waals surface area contributed by atoms with Gasteiger partial charge in [0.05, 0.1) is 12.9 Å². The van der Waals surface area contributed by atoms with E-state index < -0.39 is 0 Å². The molecule has 2 aromatic rings. The van der Waals surface area contributed by atoms with Gasteiger partial charge in [-0.15, -0.1) is 5.10 Å². The Morgan fingerprint density at radius 2 is 2.50 bits per heavy atom. The van der Waals surface area contributed by atoms with Gasteiger partial charge < -0.3 is 9.15 Å². The van der Waals surface area contributed by atoms with E-state index in [0.717, 1.165) is 6.42 Å². The van der Waals surface area contributed by atoms with E-state index in [4.69, 9.17) is 9.15 Å². The molecule has 0 fully saturated rings. The highest BCUT2D eigenvalue weighted by molar-refractivity contribution is 5.45. The zero-order valence-electron chi connectivity index (χ0n) is 7.86. The summed E-state index contributed by atoms with van der Waals surface area (Å²) in [6.45, 7) is 2.65. The molecule has 0 aromatic carbocycles. The molecule has 5 heteroatoms. The van der Waals surface area contributed by atoms with Crippen molar-refractivity contribution in [2.75, 3.05) is 6.61 Å². The van der Waals surface area contributed by atoms with E-state index in [1.54, 1.807) is 12.3 Å². The summed E-state index contributed by atoms with van der Waals surface area (Å²) in [7, 11) is 0. The van der Waals surface area contributed by atoms with Crippen molar-refractivity contribution in [3.8, 4) is 17.6 Å². The molecule has 74 valence electrons. The highest BCUT2D eigenvalue weighted by Crippen LogP contribution is 2.16. The molecule has 0 bridgehead atoms. The van der Waals surface area contributed by atoms with Gasteiger partial charge in [0.25, 0.3) is 0 Å². The van der Waals surface area contributed by atoms with E-state index in [1.807, 2.05) is 13.0 Å². The minimum absolute atomic E-state index is 0.359. The quantitative estimate of drug-likeness (QED) is 0.804. The normalized spacial score (nSPS) is 10.4. The summed E-state index contributed by atoms with van der Waals surface area (Å²) >= 11 is 0. The Bertz CT molecular complexity index is 380. The fourth-order valence-electron chi connectivity index (χ4n) is 1.03. The lowest BCUT2D eigenvalue weighted by Crippen LogP contribution is -1.96. The molecule has 0 saturated carbocycles. The molecular weight excluding hydrogens is 182 g/mol. The van der Waals surface area contributed by atoms with Gasteiger partial charge >= 0.3 is 6.01 Å². The van der Waals surface area contributed by atoms with E-state index in [1.165, 1.54) is 0 Å². The van der Waals surface area contributed by atoms with Gasteiger partial charge in [-0.25, -0.2) is 0 Å². The predicted molar refractivity (Wildman–Crippen MR) is 49.9 cm³/mol. The average Bonchev–Trinajstić information content (AvgIpc) is 2.85. The number of nitrogens with zero attached hydrogens (tertiary/aromatic N) is 2. The maximum atomic E-state index is 5.24. The average molecular weight is 193 g/mol. The van der Waals surface area contributed by atoms with Gasteiger partial charge in [-0.2, -0.15) is 4.98 Å². The molecule has 2 heterocycles. The number of hydrogen-bond donors (Lipinski definition) is 1. The number of ether oxygens (including phenoxy) is 1. The molecule has 0 unspecified atom stereocenters. The first-order chi connectivity index (χ1) is 6.90. The van der Waals surface area contributed by atoms with E-state index in [0.29, 0.717) is 24.2 Å². The van der Waals surface area contributed by atoms with Gasteiger partial charge in [-0.1, -0.05) is 6.92 Å². The van der Waals surface area contributed by atoms with Gasteiger partial charge in [0.15, 0.2) is 11.6 Å². The van der Waals surface area contributed by atoms with Crippen LogP contribution >= 0.6 is 0 Å². The van der Waals surface area contributed by atoms with Gasteiger partial charge in [0.2, 0.25) is 0 Å². The van der Waals surface area contributed by atoms with Crippen molar-refractivity contribution in [1.82, 2.24) is 15.2 Å². The van der Waals surface area contributed by atoms with E-state index in [2.05, 4.69) is 15.2 Å². The lowest BCUT2D eigenvalue weighted by atomic mass is 10.4. The van der Waals surface area contributed by atoms with E-state index in [9.17, 15) is 0 Å². The minimum Gasteiger partial charge on any atom is -0.462 e. The molecule has 0 aliphatic carbocycles. The topological polar surface area (TPSA) is 63.9 Å². The summed E-state index contributed by atoms with van der Waals surface area (Å²) in [6, 6.07) is 3.97. The lowest BCUT2D eigenvalue weighted by molar-refractivity contribution is 0.293. The maximum Gasteiger partial charge on any atom is 0.335 e. The van der Waals surface area contributed by atoms with Crippen molar-refractivity contribution in [2.24, 2.45) is 0 Å². The number of H-pyrrole nitrogens is 1. The molecule has 0 aliphatic rings. The maximum absolute atomic E-state index is 5.24. The summed E-state index contributed by atoms with van der Waals surface area (Å²) in [6.07, 6.45) is 2.52.